The summed E-state index contributed by atoms with van der Waals surface area (Å²) >= 11 is 0. The smallest absolute Gasteiger partial charge is 0.342 e. The summed E-state index contributed by atoms with van der Waals surface area (Å²) in [5, 5.41) is 23.0. The molecule has 0 amide bonds. The Kier molecular flexibility index (Phi) is 2.79. The summed E-state index contributed by atoms with van der Waals surface area (Å²) in [5.41, 5.74) is -6.81. The first-order valence-electron chi connectivity index (χ1n) is 10.1. The van der Waals surface area contributed by atoms with Crippen LogP contribution in [-0.4, -0.2) is 63.9 Å². The molecule has 158 valence electrons. The molecule has 2 saturated carbocycles. The van der Waals surface area contributed by atoms with Gasteiger partial charge in [0.05, 0.1) is 16.7 Å². The highest BCUT2D eigenvalue weighted by Crippen LogP contribution is 2.84. The van der Waals surface area contributed by atoms with Crippen molar-refractivity contribution >= 4 is 17.9 Å². The Hall–Kier alpha value is -1.71. The molecule has 5 unspecified atom stereocenters. The number of hydrogen-bond donors (Lipinski definition) is 2. The number of fused-ring (bicyclic) bond motifs is 1. The van der Waals surface area contributed by atoms with Crippen LogP contribution in [0.4, 0.5) is 0 Å². The molecule has 0 aromatic rings. The molecule has 0 radical (unpaired) electrons. The predicted octanol–water partition coefficient (Wildman–Crippen LogP) is -0.340. The van der Waals surface area contributed by atoms with Gasteiger partial charge in [0.15, 0.2) is 11.7 Å². The first-order chi connectivity index (χ1) is 13.4. The Labute approximate surface area is 166 Å². The number of rotatable bonds is 0. The van der Waals surface area contributed by atoms with E-state index in [1.54, 1.807) is 0 Å². The topological polar surface area (TPSA) is 129 Å². The molecule has 10 atom stereocenters. The van der Waals surface area contributed by atoms with Gasteiger partial charge in [-0.3, -0.25) is 4.79 Å². The van der Waals surface area contributed by atoms with Crippen LogP contribution in [-0.2, 0) is 33.3 Å². The number of carbonyl (C=O) groups is 3. The second-order valence-electron chi connectivity index (χ2n) is 10.6. The molecule has 29 heavy (non-hydrogen) atoms. The molecule has 0 aromatic carbocycles. The summed E-state index contributed by atoms with van der Waals surface area (Å²) in [6.07, 6.45) is -3.96. The molecular formula is C20H24O9. The van der Waals surface area contributed by atoms with E-state index in [9.17, 15) is 24.6 Å². The lowest BCUT2D eigenvalue weighted by molar-refractivity contribution is -0.238. The van der Waals surface area contributed by atoms with Crippen molar-refractivity contribution in [2.45, 2.75) is 76.3 Å². The summed E-state index contributed by atoms with van der Waals surface area (Å²) in [6, 6.07) is 0. The van der Waals surface area contributed by atoms with Gasteiger partial charge >= 0.3 is 17.9 Å². The van der Waals surface area contributed by atoms with Gasteiger partial charge in [-0.15, -0.1) is 0 Å². The van der Waals surface area contributed by atoms with Crippen molar-refractivity contribution in [1.29, 1.82) is 0 Å². The van der Waals surface area contributed by atoms with Gasteiger partial charge in [0, 0.05) is 6.42 Å². The van der Waals surface area contributed by atoms with Gasteiger partial charge in [-0.25, -0.2) is 9.59 Å². The van der Waals surface area contributed by atoms with Gasteiger partial charge in [-0.1, -0.05) is 20.8 Å². The molecule has 2 N–H and O–H groups in total. The Morgan fingerprint density at radius 2 is 1.72 bits per heavy atom. The number of ether oxygens (including phenoxy) is 4. The highest BCUT2D eigenvalue weighted by Gasteiger charge is 3.01. The van der Waals surface area contributed by atoms with Crippen molar-refractivity contribution in [1.82, 2.24) is 0 Å². The first-order valence-corrected chi connectivity index (χ1v) is 10.1. The maximum atomic E-state index is 13.3. The monoisotopic (exact) mass is 408 g/mol. The maximum Gasteiger partial charge on any atom is 0.342 e. The molecule has 6 rings (SSSR count). The zero-order valence-electron chi connectivity index (χ0n) is 16.6. The summed E-state index contributed by atoms with van der Waals surface area (Å²) in [7, 11) is 0. The van der Waals surface area contributed by atoms with E-state index in [-0.39, 0.29) is 17.8 Å². The normalized spacial score (nSPS) is 59.2. The van der Waals surface area contributed by atoms with E-state index in [2.05, 4.69) is 0 Å². The van der Waals surface area contributed by atoms with Crippen LogP contribution in [0.3, 0.4) is 0 Å². The number of aliphatic hydroxyl groups excluding tert-OH is 1. The molecule has 4 saturated heterocycles. The lowest BCUT2D eigenvalue weighted by atomic mass is 9.51. The summed E-state index contributed by atoms with van der Waals surface area (Å²) in [4.78, 5) is 38.1. The fourth-order valence-electron chi connectivity index (χ4n) is 8.06. The molecule has 2 spiro atoms. The number of hydrogen-bond acceptors (Lipinski definition) is 9. The van der Waals surface area contributed by atoms with Gasteiger partial charge in [0.1, 0.15) is 12.2 Å². The third-order valence-electron chi connectivity index (χ3n) is 8.97. The highest BCUT2D eigenvalue weighted by atomic mass is 16.8. The average Bonchev–Trinajstić information content (AvgIpc) is 3.31. The van der Waals surface area contributed by atoms with E-state index in [0.717, 1.165) is 0 Å². The zero-order chi connectivity index (χ0) is 20.9. The minimum Gasteiger partial charge on any atom is -0.459 e. The number of carbonyl (C=O) groups excluding carboxylic acids is 3. The van der Waals surface area contributed by atoms with E-state index in [1.165, 1.54) is 6.92 Å². The van der Waals surface area contributed by atoms with Crippen molar-refractivity contribution in [2.75, 3.05) is 0 Å². The third-order valence-corrected chi connectivity index (χ3v) is 8.97. The third kappa shape index (κ3) is 1.35. The van der Waals surface area contributed by atoms with Gasteiger partial charge in [0.2, 0.25) is 11.9 Å². The van der Waals surface area contributed by atoms with Crippen LogP contribution in [0.2, 0.25) is 0 Å². The van der Waals surface area contributed by atoms with E-state index in [4.69, 9.17) is 18.9 Å². The SMILES string of the molecule is C[C@@H]1C(=O)O[C@H]2CC34C5CC(C(C)(C)C)C36C(OC(=O)[C@@H]6O)O[C@@]4(C(=O)O5)[C@]21O. The Morgan fingerprint density at radius 3 is 2.38 bits per heavy atom. The second kappa shape index (κ2) is 4.48. The van der Waals surface area contributed by atoms with Crippen LogP contribution < -0.4 is 0 Å². The van der Waals surface area contributed by atoms with Crippen LogP contribution in [0.1, 0.15) is 40.5 Å². The van der Waals surface area contributed by atoms with Crippen LogP contribution in [0, 0.1) is 28.1 Å². The molecule has 0 bridgehead atoms. The Bertz CT molecular complexity index is 893. The van der Waals surface area contributed by atoms with Crippen LogP contribution in [0.5, 0.6) is 0 Å². The molecule has 9 heteroatoms. The van der Waals surface area contributed by atoms with Gasteiger partial charge in [-0.2, -0.15) is 0 Å². The van der Waals surface area contributed by atoms with Crippen LogP contribution in [0.15, 0.2) is 0 Å². The van der Waals surface area contributed by atoms with Crippen molar-refractivity contribution in [2.24, 2.45) is 28.1 Å². The second-order valence-corrected chi connectivity index (χ2v) is 10.6. The Morgan fingerprint density at radius 1 is 1.03 bits per heavy atom. The molecule has 9 nitrogen and oxygen atoms in total. The standard InChI is InChI=1S/C20H24O9/c1-7-12(22)26-10-6-17-9-5-8(16(2,3)4)18(17)11(21)13(23)28-15(18)29-20(17,14(24)27-9)19(7,10)25/h7-11,15,21,25H,5-6H2,1-4H3/t7-,8?,9?,10+,11+,15?,17?,18?,19-,20-/m1/s1. The van der Waals surface area contributed by atoms with E-state index < -0.39 is 70.5 Å². The Balaban J connectivity index is 1.68. The molecular weight excluding hydrogens is 384 g/mol. The number of esters is 3. The molecule has 6 fully saturated rings. The highest BCUT2D eigenvalue weighted by molar-refractivity contribution is 5.93. The molecule has 2 aliphatic carbocycles. The fourth-order valence-corrected chi connectivity index (χ4v) is 8.06. The lowest BCUT2D eigenvalue weighted by Crippen LogP contribution is -2.66. The van der Waals surface area contributed by atoms with Crippen LogP contribution in [0.25, 0.3) is 0 Å². The lowest BCUT2D eigenvalue weighted by Gasteiger charge is -2.46. The quantitative estimate of drug-likeness (QED) is 0.408. The van der Waals surface area contributed by atoms with Gasteiger partial charge in [0.25, 0.3) is 0 Å². The van der Waals surface area contributed by atoms with Crippen molar-refractivity contribution in [3.8, 4) is 0 Å². The fraction of sp³-hybridized carbons (Fsp3) is 0.850. The first kappa shape index (κ1) is 18.1. The van der Waals surface area contributed by atoms with Crippen molar-refractivity contribution < 1.29 is 43.5 Å². The largest absolute Gasteiger partial charge is 0.459 e. The van der Waals surface area contributed by atoms with Gasteiger partial charge < -0.3 is 29.2 Å². The predicted molar refractivity (Wildman–Crippen MR) is 90.6 cm³/mol. The van der Waals surface area contributed by atoms with E-state index >= 15 is 0 Å². The molecule has 4 heterocycles. The summed E-state index contributed by atoms with van der Waals surface area (Å²) in [5.74, 6) is -3.52. The molecule has 6 aliphatic rings. The maximum absolute atomic E-state index is 13.3. The van der Waals surface area contributed by atoms with Gasteiger partial charge in [-0.05, 0) is 24.7 Å². The van der Waals surface area contributed by atoms with Crippen molar-refractivity contribution in [3.63, 3.8) is 0 Å². The molecule has 4 aliphatic heterocycles. The molecule has 0 aromatic heterocycles. The van der Waals surface area contributed by atoms with E-state index in [1.807, 2.05) is 20.8 Å². The summed E-state index contributed by atoms with van der Waals surface area (Å²) in [6.45, 7) is 7.47. The average molecular weight is 408 g/mol. The zero-order valence-corrected chi connectivity index (χ0v) is 16.6. The number of aliphatic hydroxyl groups is 2. The van der Waals surface area contributed by atoms with E-state index in [0.29, 0.717) is 6.42 Å². The minimum atomic E-state index is -1.97. The summed E-state index contributed by atoms with van der Waals surface area (Å²) < 4.78 is 22.9. The van der Waals surface area contributed by atoms with Crippen LogP contribution >= 0.6 is 0 Å². The minimum absolute atomic E-state index is 0.0623. The van der Waals surface area contributed by atoms with Crippen molar-refractivity contribution in [3.05, 3.63) is 0 Å².